The second-order valence-corrected chi connectivity index (χ2v) is 9.80. The Bertz CT molecular complexity index is 1240. The van der Waals surface area contributed by atoms with Crippen LogP contribution >= 0.6 is 22.7 Å². The summed E-state index contributed by atoms with van der Waals surface area (Å²) in [4.78, 5) is 34.2. The first-order chi connectivity index (χ1) is 15.2. The topological polar surface area (TPSA) is 55.2 Å². The van der Waals surface area contributed by atoms with Gasteiger partial charge >= 0.3 is 0 Å². The van der Waals surface area contributed by atoms with Crippen molar-refractivity contribution in [2.45, 2.75) is 25.8 Å². The average Bonchev–Trinajstić information content (AvgIpc) is 3.47. The smallest absolute Gasteiger partial charge is 0.263 e. The van der Waals surface area contributed by atoms with Gasteiger partial charge < -0.3 is 4.90 Å². The van der Waals surface area contributed by atoms with Gasteiger partial charge in [0.1, 0.15) is 11.4 Å². The number of nitrogens with zero attached hydrogens (tertiary/aromatic N) is 3. The number of carbonyl (C=O) groups is 1. The molecule has 0 N–H and O–H groups in total. The van der Waals surface area contributed by atoms with Crippen LogP contribution in [0.1, 0.15) is 18.4 Å². The second-order valence-electron chi connectivity index (χ2n) is 8.00. The Morgan fingerprint density at radius 1 is 1.06 bits per heavy atom. The number of benzene rings is 1. The minimum atomic E-state index is -0.137. The summed E-state index contributed by atoms with van der Waals surface area (Å²) >= 11 is 3.07. The number of amides is 1. The van der Waals surface area contributed by atoms with E-state index in [2.05, 4.69) is 29.2 Å². The molecule has 0 radical (unpaired) electrons. The van der Waals surface area contributed by atoms with E-state index in [0.717, 1.165) is 47.6 Å². The van der Waals surface area contributed by atoms with Gasteiger partial charge in [0.2, 0.25) is 5.91 Å². The van der Waals surface area contributed by atoms with Gasteiger partial charge in [-0.1, -0.05) is 36.4 Å². The molecule has 0 unspecified atom stereocenters. The van der Waals surface area contributed by atoms with E-state index in [1.165, 1.54) is 27.8 Å². The third kappa shape index (κ3) is 4.20. The molecule has 1 aromatic carbocycles. The lowest BCUT2D eigenvalue weighted by Crippen LogP contribution is -2.41. The molecule has 5 rings (SSSR count). The maximum absolute atomic E-state index is 13.1. The number of aromatic nitrogens is 2. The van der Waals surface area contributed by atoms with E-state index in [-0.39, 0.29) is 18.0 Å². The quantitative estimate of drug-likeness (QED) is 0.445. The highest BCUT2D eigenvalue weighted by Gasteiger charge is 2.24. The fourth-order valence-corrected chi connectivity index (χ4v) is 5.99. The molecule has 5 nitrogen and oxygen atoms in total. The molecule has 3 aromatic heterocycles. The maximum Gasteiger partial charge on any atom is 0.263 e. The zero-order valence-corrected chi connectivity index (χ0v) is 18.7. The van der Waals surface area contributed by atoms with Gasteiger partial charge in [0, 0.05) is 28.9 Å². The largest absolute Gasteiger partial charge is 0.341 e. The first kappa shape index (κ1) is 20.2. The molecule has 4 heterocycles. The molecule has 7 heteroatoms. The summed E-state index contributed by atoms with van der Waals surface area (Å²) < 4.78 is 1.46. The zero-order valence-electron chi connectivity index (χ0n) is 17.1. The monoisotopic (exact) mass is 449 g/mol. The number of hydrogen-bond acceptors (Lipinski definition) is 5. The Hall–Kier alpha value is -2.77. The Kier molecular flexibility index (Phi) is 5.70. The third-order valence-electron chi connectivity index (χ3n) is 5.99. The average molecular weight is 450 g/mol. The Balaban J connectivity index is 1.27. The Morgan fingerprint density at radius 3 is 2.61 bits per heavy atom. The lowest BCUT2D eigenvalue weighted by Gasteiger charge is -2.32. The van der Waals surface area contributed by atoms with Crippen LogP contribution in [0.3, 0.4) is 0 Å². The highest BCUT2D eigenvalue weighted by Crippen LogP contribution is 2.33. The number of hydrogen-bond donors (Lipinski definition) is 0. The number of rotatable bonds is 5. The van der Waals surface area contributed by atoms with Crippen molar-refractivity contribution in [3.8, 4) is 10.4 Å². The minimum absolute atomic E-state index is 0.00526. The molecule has 0 saturated carbocycles. The van der Waals surface area contributed by atoms with Crippen LogP contribution in [0.4, 0.5) is 0 Å². The maximum atomic E-state index is 13.1. The van der Waals surface area contributed by atoms with Gasteiger partial charge in [0.05, 0.1) is 11.7 Å². The van der Waals surface area contributed by atoms with Crippen LogP contribution in [0.25, 0.3) is 20.7 Å². The van der Waals surface area contributed by atoms with Crippen molar-refractivity contribution < 1.29 is 4.79 Å². The number of thiophene rings is 2. The molecule has 1 amide bonds. The van der Waals surface area contributed by atoms with E-state index in [1.54, 1.807) is 11.3 Å². The molecule has 0 bridgehead atoms. The van der Waals surface area contributed by atoms with Crippen molar-refractivity contribution >= 4 is 38.8 Å². The van der Waals surface area contributed by atoms with Gasteiger partial charge in [-0.25, -0.2) is 4.98 Å². The molecule has 0 spiro atoms. The van der Waals surface area contributed by atoms with Crippen LogP contribution in [0.15, 0.2) is 64.3 Å². The Morgan fingerprint density at radius 2 is 1.87 bits per heavy atom. The van der Waals surface area contributed by atoms with Gasteiger partial charge in [-0.15, -0.1) is 22.7 Å². The SMILES string of the molecule is O=C(Cn1cnc2scc(-c3cccs3)c2c1=O)N1CCC(Cc2ccccc2)CC1. The summed E-state index contributed by atoms with van der Waals surface area (Å²) in [5.74, 6) is 0.598. The summed E-state index contributed by atoms with van der Waals surface area (Å²) in [7, 11) is 0. The van der Waals surface area contributed by atoms with Crippen LogP contribution in [-0.4, -0.2) is 33.4 Å². The summed E-state index contributed by atoms with van der Waals surface area (Å²) in [6.45, 7) is 1.55. The van der Waals surface area contributed by atoms with Gasteiger partial charge in [0.25, 0.3) is 5.56 Å². The molecule has 1 aliphatic rings. The predicted octanol–water partition coefficient (Wildman–Crippen LogP) is 4.67. The van der Waals surface area contributed by atoms with Crippen molar-refractivity contribution in [1.29, 1.82) is 0 Å². The lowest BCUT2D eigenvalue weighted by molar-refractivity contribution is -0.133. The molecule has 1 fully saturated rings. The summed E-state index contributed by atoms with van der Waals surface area (Å²) in [5, 5.41) is 4.59. The summed E-state index contributed by atoms with van der Waals surface area (Å²) in [6, 6.07) is 14.5. The van der Waals surface area contributed by atoms with Crippen LogP contribution in [0.2, 0.25) is 0 Å². The standard InChI is InChI=1S/C24H23N3O2S2/c28-21(26-10-8-18(9-11-26)13-17-5-2-1-3-6-17)14-27-16-25-23-22(24(27)29)19(15-31-23)20-7-4-12-30-20/h1-7,12,15-16,18H,8-11,13-14H2. The summed E-state index contributed by atoms with van der Waals surface area (Å²) in [6.07, 6.45) is 4.58. The van der Waals surface area contributed by atoms with E-state index in [9.17, 15) is 9.59 Å². The van der Waals surface area contributed by atoms with Crippen molar-refractivity contribution in [2.24, 2.45) is 5.92 Å². The van der Waals surface area contributed by atoms with Crippen LogP contribution in [-0.2, 0) is 17.8 Å². The lowest BCUT2D eigenvalue weighted by atomic mass is 9.90. The Labute approximate surface area is 188 Å². The van der Waals surface area contributed by atoms with E-state index in [0.29, 0.717) is 11.3 Å². The van der Waals surface area contributed by atoms with Gasteiger partial charge in [0.15, 0.2) is 0 Å². The van der Waals surface area contributed by atoms with Gasteiger partial charge in [-0.05, 0) is 42.2 Å². The molecule has 4 aromatic rings. The molecule has 158 valence electrons. The van der Waals surface area contributed by atoms with Gasteiger partial charge in [-0.2, -0.15) is 0 Å². The minimum Gasteiger partial charge on any atom is -0.341 e. The molecule has 0 atom stereocenters. The third-order valence-corrected chi connectivity index (χ3v) is 7.78. The van der Waals surface area contributed by atoms with Crippen molar-refractivity contribution in [3.63, 3.8) is 0 Å². The zero-order chi connectivity index (χ0) is 21.2. The molecule has 0 aliphatic carbocycles. The second kappa shape index (κ2) is 8.77. The first-order valence-electron chi connectivity index (χ1n) is 10.5. The van der Waals surface area contributed by atoms with Crippen LogP contribution in [0.5, 0.6) is 0 Å². The fraction of sp³-hybridized carbons (Fsp3) is 0.292. The highest BCUT2D eigenvalue weighted by molar-refractivity contribution is 7.18. The molecular formula is C24H23N3O2S2. The number of piperidine rings is 1. The molecule has 1 saturated heterocycles. The highest BCUT2D eigenvalue weighted by atomic mass is 32.1. The first-order valence-corrected chi connectivity index (χ1v) is 12.3. The van der Waals surface area contributed by atoms with E-state index in [4.69, 9.17) is 0 Å². The number of likely N-dealkylation sites (tertiary alicyclic amines) is 1. The summed E-state index contributed by atoms with van der Waals surface area (Å²) in [5.41, 5.74) is 2.13. The van der Waals surface area contributed by atoms with E-state index >= 15 is 0 Å². The molecule has 1 aliphatic heterocycles. The van der Waals surface area contributed by atoms with Gasteiger partial charge in [-0.3, -0.25) is 14.2 Å². The predicted molar refractivity (Wildman–Crippen MR) is 127 cm³/mol. The van der Waals surface area contributed by atoms with E-state index in [1.807, 2.05) is 33.9 Å². The van der Waals surface area contributed by atoms with E-state index < -0.39 is 0 Å². The van der Waals surface area contributed by atoms with Crippen LogP contribution < -0.4 is 5.56 Å². The normalized spacial score (nSPS) is 14.9. The van der Waals surface area contributed by atoms with Crippen LogP contribution in [0, 0.1) is 5.92 Å². The fourth-order valence-electron chi connectivity index (χ4n) is 4.27. The molecular weight excluding hydrogens is 426 g/mol. The van der Waals surface area contributed by atoms with Crippen molar-refractivity contribution in [2.75, 3.05) is 13.1 Å². The number of fused-ring (bicyclic) bond motifs is 1. The molecule has 31 heavy (non-hydrogen) atoms. The number of carbonyl (C=O) groups excluding carboxylic acids is 1. The van der Waals surface area contributed by atoms with Crippen molar-refractivity contribution in [3.05, 3.63) is 75.5 Å². The van der Waals surface area contributed by atoms with Crippen molar-refractivity contribution in [1.82, 2.24) is 14.5 Å².